The topological polar surface area (TPSA) is 49.7 Å². The minimum absolute atomic E-state index is 0.0892. The Kier molecular flexibility index (Phi) is 15.5. The van der Waals surface area contributed by atoms with Gasteiger partial charge in [0.1, 0.15) is 0 Å². The molecule has 0 aliphatic carbocycles. The summed E-state index contributed by atoms with van der Waals surface area (Å²) in [5.74, 6) is 0.306. The maximum Gasteiger partial charge on any atom is 0.200 e. The zero-order chi connectivity index (χ0) is 21.2. The number of phenols is 2. The molecule has 1 aromatic rings. The molecule has 0 atom stereocenters. The first-order valence-corrected chi connectivity index (χ1v) is 12.4. The van der Waals surface area contributed by atoms with Crippen molar-refractivity contribution >= 4 is 0 Å². The van der Waals surface area contributed by atoms with Crippen LogP contribution in [-0.4, -0.2) is 16.8 Å². The largest absolute Gasteiger partial charge is 0.504 e. The van der Waals surface area contributed by atoms with Gasteiger partial charge in [0.15, 0.2) is 11.5 Å². The number of unbranched alkanes of at least 4 members (excludes halogenated alkanes) is 14. The van der Waals surface area contributed by atoms with Crippen LogP contribution >= 0.6 is 0 Å². The van der Waals surface area contributed by atoms with Crippen LogP contribution in [0.5, 0.6) is 17.2 Å². The molecular weight excluding hydrogens is 360 g/mol. The van der Waals surface area contributed by atoms with E-state index in [9.17, 15) is 10.2 Å². The molecule has 29 heavy (non-hydrogen) atoms. The molecular formula is C26H46O3. The van der Waals surface area contributed by atoms with E-state index in [0.717, 1.165) is 24.8 Å². The van der Waals surface area contributed by atoms with Crippen LogP contribution in [0.1, 0.15) is 122 Å². The molecule has 1 aromatic carbocycles. The molecule has 0 heterocycles. The molecule has 0 saturated carbocycles. The van der Waals surface area contributed by atoms with E-state index in [0.29, 0.717) is 12.4 Å². The molecule has 0 radical (unpaired) electrons. The zero-order valence-corrected chi connectivity index (χ0v) is 19.2. The summed E-state index contributed by atoms with van der Waals surface area (Å²) in [6, 6.07) is 3.47. The molecule has 0 spiro atoms. The molecule has 0 aliphatic heterocycles. The standard InChI is InChI=1S/C26H46O3/c1-3-5-7-9-10-11-12-13-14-16-18-22-29-26-23(19-17-15-8-6-4-2)20-21-24(27)25(26)28/h20-21,27-28H,3-19,22H2,1-2H3. The summed E-state index contributed by atoms with van der Waals surface area (Å²) in [6.07, 6.45) is 21.3. The van der Waals surface area contributed by atoms with Crippen molar-refractivity contribution in [2.24, 2.45) is 0 Å². The summed E-state index contributed by atoms with van der Waals surface area (Å²) in [6.45, 7) is 5.09. The SMILES string of the molecule is CCCCCCCCCCCCCOc1c(CCCCCCC)ccc(O)c1O. The average molecular weight is 407 g/mol. The second-order valence-electron chi connectivity index (χ2n) is 8.47. The van der Waals surface area contributed by atoms with Gasteiger partial charge in [0.2, 0.25) is 5.75 Å². The van der Waals surface area contributed by atoms with Crippen LogP contribution in [0.4, 0.5) is 0 Å². The van der Waals surface area contributed by atoms with Gasteiger partial charge < -0.3 is 14.9 Å². The maximum atomic E-state index is 10.2. The molecule has 168 valence electrons. The van der Waals surface area contributed by atoms with Crippen molar-refractivity contribution in [2.45, 2.75) is 123 Å². The van der Waals surface area contributed by atoms with E-state index in [1.807, 2.05) is 6.07 Å². The summed E-state index contributed by atoms with van der Waals surface area (Å²) in [5.41, 5.74) is 1.01. The number of phenolic OH excluding ortho intramolecular Hbond substituents is 2. The first kappa shape index (κ1) is 25.7. The summed E-state index contributed by atoms with van der Waals surface area (Å²) < 4.78 is 5.90. The lowest BCUT2D eigenvalue weighted by molar-refractivity contribution is 0.280. The lowest BCUT2D eigenvalue weighted by atomic mass is 10.0. The van der Waals surface area contributed by atoms with Gasteiger partial charge >= 0.3 is 0 Å². The van der Waals surface area contributed by atoms with E-state index in [1.54, 1.807) is 6.07 Å². The van der Waals surface area contributed by atoms with Gasteiger partial charge in [-0.1, -0.05) is 110 Å². The number of aryl methyl sites for hydroxylation is 1. The highest BCUT2D eigenvalue weighted by molar-refractivity contribution is 5.54. The molecule has 0 saturated heterocycles. The fraction of sp³-hybridized carbons (Fsp3) is 0.769. The van der Waals surface area contributed by atoms with Gasteiger partial charge in [0.25, 0.3) is 0 Å². The second-order valence-corrected chi connectivity index (χ2v) is 8.47. The normalized spacial score (nSPS) is 11.1. The van der Waals surface area contributed by atoms with Crippen LogP contribution in [0.25, 0.3) is 0 Å². The monoisotopic (exact) mass is 406 g/mol. The minimum Gasteiger partial charge on any atom is -0.504 e. The molecule has 3 heteroatoms. The van der Waals surface area contributed by atoms with Gasteiger partial charge in [0.05, 0.1) is 6.61 Å². The van der Waals surface area contributed by atoms with Crippen molar-refractivity contribution in [1.29, 1.82) is 0 Å². The Labute approximate surface area is 179 Å². The second kappa shape index (κ2) is 17.5. The lowest BCUT2D eigenvalue weighted by Gasteiger charge is -2.14. The molecule has 0 amide bonds. The molecule has 0 unspecified atom stereocenters. The van der Waals surface area contributed by atoms with Crippen molar-refractivity contribution in [3.8, 4) is 17.2 Å². The number of benzene rings is 1. The molecule has 1 rings (SSSR count). The molecule has 0 aromatic heterocycles. The highest BCUT2D eigenvalue weighted by atomic mass is 16.5. The number of aromatic hydroxyl groups is 2. The van der Waals surface area contributed by atoms with Crippen LogP contribution in [-0.2, 0) is 6.42 Å². The summed E-state index contributed by atoms with van der Waals surface area (Å²) in [4.78, 5) is 0. The van der Waals surface area contributed by atoms with Crippen molar-refractivity contribution in [1.82, 2.24) is 0 Å². The highest BCUT2D eigenvalue weighted by Crippen LogP contribution is 2.39. The van der Waals surface area contributed by atoms with Crippen molar-refractivity contribution in [3.63, 3.8) is 0 Å². The van der Waals surface area contributed by atoms with Crippen molar-refractivity contribution in [2.75, 3.05) is 6.61 Å². The molecule has 3 nitrogen and oxygen atoms in total. The van der Waals surface area contributed by atoms with E-state index in [-0.39, 0.29) is 11.5 Å². The molecule has 0 fully saturated rings. The third kappa shape index (κ3) is 12.0. The van der Waals surface area contributed by atoms with E-state index in [2.05, 4.69) is 13.8 Å². The number of rotatable bonds is 19. The smallest absolute Gasteiger partial charge is 0.200 e. The first-order valence-electron chi connectivity index (χ1n) is 12.4. The predicted molar refractivity (Wildman–Crippen MR) is 124 cm³/mol. The van der Waals surface area contributed by atoms with Crippen molar-refractivity contribution < 1.29 is 14.9 Å². The quantitative estimate of drug-likeness (QED) is 0.179. The first-order chi connectivity index (χ1) is 14.2. The number of ether oxygens (including phenoxy) is 1. The Bertz CT molecular complexity index is 513. The van der Waals surface area contributed by atoms with Crippen LogP contribution in [0.2, 0.25) is 0 Å². The minimum atomic E-state index is -0.0980. The van der Waals surface area contributed by atoms with E-state index < -0.39 is 0 Å². The van der Waals surface area contributed by atoms with Gasteiger partial charge in [-0.05, 0) is 30.9 Å². The van der Waals surface area contributed by atoms with Crippen LogP contribution in [0.3, 0.4) is 0 Å². The Balaban J connectivity index is 2.20. The molecule has 2 N–H and O–H groups in total. The van der Waals surface area contributed by atoms with E-state index in [4.69, 9.17) is 4.74 Å². The summed E-state index contributed by atoms with van der Waals surface area (Å²) >= 11 is 0. The summed E-state index contributed by atoms with van der Waals surface area (Å²) in [5, 5.41) is 20.0. The van der Waals surface area contributed by atoms with Gasteiger partial charge in [-0.3, -0.25) is 0 Å². The van der Waals surface area contributed by atoms with Crippen molar-refractivity contribution in [3.05, 3.63) is 17.7 Å². The van der Waals surface area contributed by atoms with Gasteiger partial charge in [0, 0.05) is 0 Å². The Morgan fingerprint density at radius 1 is 0.621 bits per heavy atom. The summed E-state index contributed by atoms with van der Waals surface area (Å²) in [7, 11) is 0. The molecule has 0 aliphatic rings. The highest BCUT2D eigenvalue weighted by Gasteiger charge is 2.13. The van der Waals surface area contributed by atoms with E-state index >= 15 is 0 Å². The Hall–Kier alpha value is -1.38. The molecule has 0 bridgehead atoms. The van der Waals surface area contributed by atoms with Crippen LogP contribution in [0.15, 0.2) is 12.1 Å². The van der Waals surface area contributed by atoms with E-state index in [1.165, 1.54) is 89.9 Å². The fourth-order valence-corrected chi connectivity index (χ4v) is 3.82. The third-order valence-corrected chi connectivity index (χ3v) is 5.74. The third-order valence-electron chi connectivity index (χ3n) is 5.74. The Morgan fingerprint density at radius 2 is 1.10 bits per heavy atom. The maximum absolute atomic E-state index is 10.2. The van der Waals surface area contributed by atoms with Gasteiger partial charge in [-0.25, -0.2) is 0 Å². The van der Waals surface area contributed by atoms with Crippen LogP contribution < -0.4 is 4.74 Å². The van der Waals surface area contributed by atoms with Gasteiger partial charge in [-0.15, -0.1) is 0 Å². The number of hydrogen-bond donors (Lipinski definition) is 2. The predicted octanol–water partition coefficient (Wildman–Crippen LogP) is 8.30. The fourth-order valence-electron chi connectivity index (χ4n) is 3.82. The van der Waals surface area contributed by atoms with Crippen LogP contribution in [0, 0.1) is 0 Å². The Morgan fingerprint density at radius 3 is 1.66 bits per heavy atom. The zero-order valence-electron chi connectivity index (χ0n) is 19.2. The van der Waals surface area contributed by atoms with Gasteiger partial charge in [-0.2, -0.15) is 0 Å². The average Bonchev–Trinajstić information content (AvgIpc) is 2.72. The lowest BCUT2D eigenvalue weighted by Crippen LogP contribution is -2.01. The number of hydrogen-bond acceptors (Lipinski definition) is 3.